The van der Waals surface area contributed by atoms with E-state index >= 15 is 0 Å². The molecule has 0 radical (unpaired) electrons. The lowest BCUT2D eigenvalue weighted by Gasteiger charge is -2.37. The fourth-order valence-electron chi connectivity index (χ4n) is 5.18. The fourth-order valence-corrected chi connectivity index (χ4v) is 6.27. The van der Waals surface area contributed by atoms with Gasteiger partial charge in [-0.3, -0.25) is 14.5 Å². The van der Waals surface area contributed by atoms with Crippen LogP contribution in [0.15, 0.2) is 82.0 Å². The van der Waals surface area contributed by atoms with Gasteiger partial charge in [-0.2, -0.15) is 0 Å². The molecule has 1 aliphatic carbocycles. The van der Waals surface area contributed by atoms with E-state index in [1.807, 2.05) is 54.6 Å². The largest absolute Gasteiger partial charge is 0.369 e. The Hall–Kier alpha value is -3.29. The number of aromatic nitrogens is 1. The molecule has 1 aliphatic heterocycles. The summed E-state index contributed by atoms with van der Waals surface area (Å²) in [4.78, 5) is 30.3. The Kier molecular flexibility index (Phi) is 5.74. The van der Waals surface area contributed by atoms with Crippen LogP contribution in [0, 0.1) is 0 Å². The van der Waals surface area contributed by atoms with Gasteiger partial charge in [0.25, 0.3) is 5.43 Å². The molecule has 0 saturated carbocycles. The maximum absolute atomic E-state index is 13.4. The molecule has 178 valence electrons. The highest BCUT2D eigenvalue weighted by molar-refractivity contribution is 7.24. The minimum Gasteiger partial charge on any atom is -0.369 e. The van der Waals surface area contributed by atoms with Crippen molar-refractivity contribution >= 4 is 42.5 Å². The predicted octanol–water partition coefficient (Wildman–Crippen LogP) is 4.53. The van der Waals surface area contributed by atoms with Gasteiger partial charge in [-0.1, -0.05) is 36.4 Å². The minimum atomic E-state index is -0.869. The van der Waals surface area contributed by atoms with Crippen molar-refractivity contribution in [2.24, 2.45) is 0 Å². The number of para-hydroxylation sites is 1. The van der Waals surface area contributed by atoms with Gasteiger partial charge < -0.3 is 9.47 Å². The van der Waals surface area contributed by atoms with Crippen LogP contribution in [0.4, 0.5) is 4.39 Å². The lowest BCUT2D eigenvalue weighted by atomic mass is 10.1. The first-order valence-electron chi connectivity index (χ1n) is 12.1. The van der Waals surface area contributed by atoms with Crippen LogP contribution in [0.25, 0.3) is 31.2 Å². The normalized spacial score (nSPS) is 19.1. The molecule has 3 aromatic carbocycles. The Morgan fingerprint density at radius 3 is 2.40 bits per heavy atom. The molecule has 5 nitrogen and oxygen atoms in total. The quantitative estimate of drug-likeness (QED) is 0.397. The number of piperazine rings is 1. The standard InChI is InChI=1S/C28H26FN3O2S/c29-19-9-11-20(12-10-19)31-16-13-30(14-17-31)15-18-32-22-6-2-4-8-24(22)35-23-7-3-1-5-21(23)25-26(32)28(34)27(25)33/h1-9,11-12,19H,10,13-18H2. The third-order valence-electron chi connectivity index (χ3n) is 7.09. The van der Waals surface area contributed by atoms with Crippen molar-refractivity contribution in [1.82, 2.24) is 14.4 Å². The number of fused-ring (bicyclic) bond motifs is 4. The number of allylic oxidation sites excluding steroid dienone is 3. The third-order valence-corrected chi connectivity index (χ3v) is 8.23. The minimum absolute atomic E-state index is 0.393. The highest BCUT2D eigenvalue weighted by atomic mass is 32.1. The monoisotopic (exact) mass is 487 g/mol. The van der Waals surface area contributed by atoms with Gasteiger partial charge in [-0.15, -0.1) is 11.3 Å². The number of hydrogen-bond donors (Lipinski definition) is 0. The summed E-state index contributed by atoms with van der Waals surface area (Å²) >= 11 is 1.64. The summed E-state index contributed by atoms with van der Waals surface area (Å²) in [6.45, 7) is 4.99. The summed E-state index contributed by atoms with van der Waals surface area (Å²) in [5, 5.41) is 1.38. The molecule has 1 unspecified atom stereocenters. The van der Waals surface area contributed by atoms with E-state index in [9.17, 15) is 14.0 Å². The van der Waals surface area contributed by atoms with E-state index in [2.05, 4.69) is 20.4 Å². The number of alkyl halides is 1. The van der Waals surface area contributed by atoms with Crippen LogP contribution < -0.4 is 10.9 Å². The van der Waals surface area contributed by atoms with Gasteiger partial charge in [0.15, 0.2) is 0 Å². The molecule has 0 bridgehead atoms. The summed E-state index contributed by atoms with van der Waals surface area (Å²) in [5.74, 6) is 0. The number of nitrogens with zero attached hydrogens (tertiary/aromatic N) is 3. The maximum Gasteiger partial charge on any atom is 0.250 e. The van der Waals surface area contributed by atoms with E-state index in [0.29, 0.717) is 23.9 Å². The molecule has 7 heteroatoms. The molecule has 1 saturated heterocycles. The average molecular weight is 488 g/mol. The van der Waals surface area contributed by atoms with Gasteiger partial charge in [0.2, 0.25) is 5.43 Å². The van der Waals surface area contributed by atoms with Crippen molar-refractivity contribution in [2.75, 3.05) is 32.7 Å². The molecular formula is C28H26FN3O2S. The van der Waals surface area contributed by atoms with Gasteiger partial charge in [0, 0.05) is 61.5 Å². The summed E-state index contributed by atoms with van der Waals surface area (Å²) in [7, 11) is 0. The van der Waals surface area contributed by atoms with Crippen LogP contribution in [-0.4, -0.2) is 53.3 Å². The Balaban J connectivity index is 1.33. The Labute approximate surface area is 206 Å². The van der Waals surface area contributed by atoms with E-state index < -0.39 is 17.0 Å². The number of rotatable bonds is 4. The van der Waals surface area contributed by atoms with Crippen LogP contribution in [0.1, 0.15) is 6.42 Å². The molecule has 0 N–H and O–H groups in total. The second kappa shape index (κ2) is 9.06. The van der Waals surface area contributed by atoms with E-state index in [0.717, 1.165) is 58.7 Å². The van der Waals surface area contributed by atoms with Crippen LogP contribution in [0.3, 0.4) is 0 Å². The van der Waals surface area contributed by atoms with Crippen LogP contribution in [0.2, 0.25) is 0 Å². The summed E-state index contributed by atoms with van der Waals surface area (Å²) < 4.78 is 17.5. The summed E-state index contributed by atoms with van der Waals surface area (Å²) in [6.07, 6.45) is 5.10. The zero-order valence-corrected chi connectivity index (χ0v) is 20.1. The second-order valence-electron chi connectivity index (χ2n) is 9.17. The van der Waals surface area contributed by atoms with E-state index in [1.54, 1.807) is 17.4 Å². The van der Waals surface area contributed by atoms with Crippen molar-refractivity contribution in [2.45, 2.75) is 19.1 Å². The van der Waals surface area contributed by atoms with Crippen LogP contribution >= 0.6 is 11.3 Å². The SMILES string of the molecule is O=c1c(=O)c2c1c1ccccc1sc1ccccc1n2CCN1CCN(C2=CCC(F)C=C2)CC1. The molecular weight excluding hydrogens is 461 g/mol. The van der Waals surface area contributed by atoms with Gasteiger partial charge >= 0.3 is 0 Å². The van der Waals surface area contributed by atoms with Gasteiger partial charge in [0.1, 0.15) is 11.7 Å². The predicted molar refractivity (Wildman–Crippen MR) is 142 cm³/mol. The molecule has 4 aromatic rings. The molecule has 0 amide bonds. The zero-order chi connectivity index (χ0) is 23.9. The van der Waals surface area contributed by atoms with Gasteiger partial charge in [0.05, 0.1) is 15.6 Å². The van der Waals surface area contributed by atoms with Crippen molar-refractivity contribution in [3.63, 3.8) is 0 Å². The smallest absolute Gasteiger partial charge is 0.250 e. The maximum atomic E-state index is 13.4. The molecule has 2 aliphatic rings. The topological polar surface area (TPSA) is 45.6 Å². The lowest BCUT2D eigenvalue weighted by Crippen LogP contribution is -2.46. The number of hydrogen-bond acceptors (Lipinski definition) is 5. The lowest BCUT2D eigenvalue weighted by molar-refractivity contribution is 0.157. The van der Waals surface area contributed by atoms with Crippen LogP contribution in [0.5, 0.6) is 0 Å². The molecule has 6 rings (SSSR count). The third kappa shape index (κ3) is 3.98. The number of halogens is 1. The first-order chi connectivity index (χ1) is 17.1. The van der Waals surface area contributed by atoms with E-state index in [1.165, 1.54) is 0 Å². The van der Waals surface area contributed by atoms with Crippen molar-refractivity contribution in [1.29, 1.82) is 0 Å². The van der Waals surface area contributed by atoms with E-state index in [-0.39, 0.29) is 0 Å². The molecule has 2 heterocycles. The van der Waals surface area contributed by atoms with Crippen molar-refractivity contribution in [3.05, 3.63) is 92.9 Å². The first-order valence-corrected chi connectivity index (χ1v) is 12.9. The van der Waals surface area contributed by atoms with Gasteiger partial charge in [-0.05, 0) is 30.4 Å². The second-order valence-corrected chi connectivity index (χ2v) is 10.3. The van der Waals surface area contributed by atoms with Gasteiger partial charge in [-0.25, -0.2) is 4.39 Å². The van der Waals surface area contributed by atoms with Crippen molar-refractivity contribution < 1.29 is 4.39 Å². The molecule has 1 atom stereocenters. The molecule has 1 aromatic heterocycles. The Morgan fingerprint density at radius 1 is 0.886 bits per heavy atom. The van der Waals surface area contributed by atoms with Crippen LogP contribution in [-0.2, 0) is 6.54 Å². The fraction of sp³-hybridized carbons (Fsp3) is 0.286. The summed E-state index contributed by atoms with van der Waals surface area (Å²) in [6, 6.07) is 15.9. The Bertz CT molecular complexity index is 1610. The average Bonchev–Trinajstić information content (AvgIpc) is 2.89. The highest BCUT2D eigenvalue weighted by Gasteiger charge is 2.22. The first kappa shape index (κ1) is 22.2. The highest BCUT2D eigenvalue weighted by Crippen LogP contribution is 2.29. The van der Waals surface area contributed by atoms with Crippen molar-refractivity contribution in [3.8, 4) is 0 Å². The zero-order valence-electron chi connectivity index (χ0n) is 19.3. The molecule has 0 spiro atoms. The Morgan fingerprint density at radius 2 is 1.63 bits per heavy atom. The molecule has 35 heavy (non-hydrogen) atoms. The number of benzene rings is 2. The van der Waals surface area contributed by atoms with E-state index in [4.69, 9.17) is 0 Å². The summed E-state index contributed by atoms with van der Waals surface area (Å²) in [5.41, 5.74) is 1.81. The molecule has 1 fully saturated rings.